The van der Waals surface area contributed by atoms with E-state index in [1.165, 1.54) is 6.07 Å². The molecule has 20 heavy (non-hydrogen) atoms. The number of benzene rings is 2. The molecule has 3 rings (SSSR count). The predicted molar refractivity (Wildman–Crippen MR) is 80.5 cm³/mol. The molecular formula is C16H12ClFN2. The monoisotopic (exact) mass is 286 g/mol. The fourth-order valence-electron chi connectivity index (χ4n) is 2.13. The van der Waals surface area contributed by atoms with Crippen molar-refractivity contribution in [2.75, 3.05) is 5.32 Å². The Morgan fingerprint density at radius 1 is 1.10 bits per heavy atom. The van der Waals surface area contributed by atoms with Crippen LogP contribution in [0.25, 0.3) is 10.9 Å². The molecule has 1 heterocycles. The zero-order chi connectivity index (χ0) is 13.9. The lowest BCUT2D eigenvalue weighted by molar-refractivity contribution is 0.613. The molecule has 0 spiro atoms. The molecule has 0 radical (unpaired) electrons. The van der Waals surface area contributed by atoms with Gasteiger partial charge in [-0.2, -0.15) is 0 Å². The van der Waals surface area contributed by atoms with Crippen molar-refractivity contribution in [3.05, 3.63) is 71.1 Å². The molecule has 0 aliphatic carbocycles. The number of halogens is 2. The molecule has 0 aliphatic heterocycles. The van der Waals surface area contributed by atoms with Gasteiger partial charge >= 0.3 is 0 Å². The van der Waals surface area contributed by atoms with E-state index in [0.717, 1.165) is 16.6 Å². The molecule has 0 amide bonds. The van der Waals surface area contributed by atoms with Crippen LogP contribution >= 0.6 is 11.6 Å². The van der Waals surface area contributed by atoms with E-state index in [-0.39, 0.29) is 5.82 Å². The summed E-state index contributed by atoms with van der Waals surface area (Å²) in [6, 6.07) is 14.2. The zero-order valence-electron chi connectivity index (χ0n) is 10.6. The molecule has 3 aromatic rings. The molecule has 0 atom stereocenters. The quantitative estimate of drug-likeness (QED) is 0.759. The number of nitrogens with one attached hydrogen (secondary N) is 1. The second-order valence-corrected chi connectivity index (χ2v) is 4.90. The van der Waals surface area contributed by atoms with Gasteiger partial charge in [-0.25, -0.2) is 4.39 Å². The van der Waals surface area contributed by atoms with E-state index < -0.39 is 0 Å². The number of hydrogen-bond acceptors (Lipinski definition) is 2. The fourth-order valence-corrected chi connectivity index (χ4v) is 2.32. The molecule has 1 N–H and O–H groups in total. The maximum absolute atomic E-state index is 13.7. The third kappa shape index (κ3) is 2.58. The van der Waals surface area contributed by atoms with Crippen molar-refractivity contribution in [3.63, 3.8) is 0 Å². The minimum absolute atomic E-state index is 0.264. The summed E-state index contributed by atoms with van der Waals surface area (Å²) >= 11 is 5.89. The van der Waals surface area contributed by atoms with Crippen molar-refractivity contribution in [1.82, 2.24) is 4.98 Å². The first kappa shape index (κ1) is 12.9. The largest absolute Gasteiger partial charge is 0.380 e. The highest BCUT2D eigenvalue weighted by atomic mass is 35.5. The molecule has 1 aromatic heterocycles. The SMILES string of the molecule is Fc1ccc(Cl)cc1CNc1cccc2ncccc12. The van der Waals surface area contributed by atoms with Crippen LogP contribution < -0.4 is 5.32 Å². The summed E-state index contributed by atoms with van der Waals surface area (Å²) in [4.78, 5) is 4.29. The Labute approximate surface area is 121 Å². The number of nitrogens with zero attached hydrogens (tertiary/aromatic N) is 1. The van der Waals surface area contributed by atoms with Gasteiger partial charge in [-0.3, -0.25) is 4.98 Å². The minimum Gasteiger partial charge on any atom is -0.380 e. The van der Waals surface area contributed by atoms with E-state index >= 15 is 0 Å². The molecule has 0 saturated carbocycles. The third-order valence-electron chi connectivity index (χ3n) is 3.12. The second-order valence-electron chi connectivity index (χ2n) is 4.46. The topological polar surface area (TPSA) is 24.9 Å². The Morgan fingerprint density at radius 2 is 2.00 bits per heavy atom. The lowest BCUT2D eigenvalue weighted by Crippen LogP contribution is -2.02. The van der Waals surface area contributed by atoms with Crippen molar-refractivity contribution in [2.45, 2.75) is 6.54 Å². The van der Waals surface area contributed by atoms with Gasteiger partial charge in [-0.1, -0.05) is 17.7 Å². The first-order valence-corrected chi connectivity index (χ1v) is 6.63. The summed E-state index contributed by atoms with van der Waals surface area (Å²) in [5, 5.41) is 4.78. The van der Waals surface area contributed by atoms with Gasteiger partial charge in [-0.15, -0.1) is 0 Å². The van der Waals surface area contributed by atoms with Crippen molar-refractivity contribution >= 4 is 28.2 Å². The lowest BCUT2D eigenvalue weighted by Gasteiger charge is -2.10. The summed E-state index contributed by atoms with van der Waals surface area (Å²) in [6.45, 7) is 0.375. The number of hydrogen-bond donors (Lipinski definition) is 1. The van der Waals surface area contributed by atoms with E-state index in [4.69, 9.17) is 11.6 Å². The van der Waals surface area contributed by atoms with Crippen LogP contribution in [0.1, 0.15) is 5.56 Å². The highest BCUT2D eigenvalue weighted by molar-refractivity contribution is 6.30. The van der Waals surface area contributed by atoms with Crippen molar-refractivity contribution in [1.29, 1.82) is 0 Å². The first-order chi connectivity index (χ1) is 9.74. The van der Waals surface area contributed by atoms with Crippen LogP contribution in [0.4, 0.5) is 10.1 Å². The van der Waals surface area contributed by atoms with E-state index in [1.54, 1.807) is 18.3 Å². The van der Waals surface area contributed by atoms with E-state index in [0.29, 0.717) is 17.1 Å². The van der Waals surface area contributed by atoms with Crippen LogP contribution in [-0.4, -0.2) is 4.98 Å². The van der Waals surface area contributed by atoms with Gasteiger partial charge in [0.05, 0.1) is 5.52 Å². The Balaban J connectivity index is 1.89. The smallest absolute Gasteiger partial charge is 0.128 e. The first-order valence-electron chi connectivity index (χ1n) is 6.25. The molecular weight excluding hydrogens is 275 g/mol. The Bertz CT molecular complexity index is 753. The number of pyridine rings is 1. The number of rotatable bonds is 3. The average molecular weight is 287 g/mol. The second kappa shape index (κ2) is 5.47. The predicted octanol–water partition coefficient (Wildman–Crippen LogP) is 4.64. The van der Waals surface area contributed by atoms with Gasteiger partial charge in [0, 0.05) is 34.4 Å². The highest BCUT2D eigenvalue weighted by Gasteiger charge is 2.05. The van der Waals surface area contributed by atoms with Crippen LogP contribution in [0.2, 0.25) is 5.02 Å². The molecule has 0 aliphatic rings. The number of fused-ring (bicyclic) bond motifs is 1. The molecule has 100 valence electrons. The summed E-state index contributed by atoms with van der Waals surface area (Å²) in [6.07, 6.45) is 1.75. The van der Waals surface area contributed by atoms with Crippen molar-refractivity contribution < 1.29 is 4.39 Å². The Kier molecular flexibility index (Phi) is 3.52. The third-order valence-corrected chi connectivity index (χ3v) is 3.36. The van der Waals surface area contributed by atoms with Crippen LogP contribution in [0.5, 0.6) is 0 Å². The summed E-state index contributed by atoms with van der Waals surface area (Å²) in [5.74, 6) is -0.264. The Hall–Kier alpha value is -2.13. The standard InChI is InChI=1S/C16H12ClFN2/c17-12-6-7-14(18)11(9-12)10-20-16-5-1-4-15-13(16)3-2-8-19-15/h1-9,20H,10H2. The van der Waals surface area contributed by atoms with Gasteiger partial charge < -0.3 is 5.32 Å². The number of aromatic nitrogens is 1. The van der Waals surface area contributed by atoms with Gasteiger partial charge in [0.25, 0.3) is 0 Å². The highest BCUT2D eigenvalue weighted by Crippen LogP contribution is 2.23. The molecule has 2 aromatic carbocycles. The minimum atomic E-state index is -0.264. The van der Waals surface area contributed by atoms with Gasteiger partial charge in [0.2, 0.25) is 0 Å². The lowest BCUT2D eigenvalue weighted by atomic mass is 10.1. The molecule has 4 heteroatoms. The van der Waals surface area contributed by atoms with Crippen LogP contribution in [0.3, 0.4) is 0 Å². The molecule has 0 saturated heterocycles. The summed E-state index contributed by atoms with van der Waals surface area (Å²) in [5.41, 5.74) is 2.37. The molecule has 2 nitrogen and oxygen atoms in total. The van der Waals surface area contributed by atoms with E-state index in [2.05, 4.69) is 10.3 Å². The average Bonchev–Trinajstić information content (AvgIpc) is 2.48. The molecule has 0 unspecified atom stereocenters. The van der Waals surface area contributed by atoms with Crippen LogP contribution in [-0.2, 0) is 6.54 Å². The maximum Gasteiger partial charge on any atom is 0.128 e. The fraction of sp³-hybridized carbons (Fsp3) is 0.0625. The number of anilines is 1. The molecule has 0 fully saturated rings. The zero-order valence-corrected chi connectivity index (χ0v) is 11.4. The Morgan fingerprint density at radius 3 is 2.90 bits per heavy atom. The van der Waals surface area contributed by atoms with Crippen LogP contribution in [0.15, 0.2) is 54.7 Å². The molecule has 0 bridgehead atoms. The van der Waals surface area contributed by atoms with Gasteiger partial charge in [0.1, 0.15) is 5.82 Å². The van der Waals surface area contributed by atoms with Gasteiger partial charge in [0.15, 0.2) is 0 Å². The van der Waals surface area contributed by atoms with Gasteiger partial charge in [-0.05, 0) is 42.5 Å². The normalized spacial score (nSPS) is 10.7. The van der Waals surface area contributed by atoms with Crippen molar-refractivity contribution in [3.8, 4) is 0 Å². The summed E-state index contributed by atoms with van der Waals surface area (Å²) < 4.78 is 13.7. The van der Waals surface area contributed by atoms with E-state index in [9.17, 15) is 4.39 Å². The summed E-state index contributed by atoms with van der Waals surface area (Å²) in [7, 11) is 0. The van der Waals surface area contributed by atoms with Crippen LogP contribution in [0, 0.1) is 5.82 Å². The maximum atomic E-state index is 13.7. The van der Waals surface area contributed by atoms with Crippen molar-refractivity contribution in [2.24, 2.45) is 0 Å². The van der Waals surface area contributed by atoms with E-state index in [1.807, 2.05) is 30.3 Å².